The van der Waals surface area contributed by atoms with Crippen molar-refractivity contribution in [2.24, 2.45) is 5.92 Å². The Kier molecular flexibility index (Phi) is 7.49. The van der Waals surface area contributed by atoms with Gasteiger partial charge in [-0.25, -0.2) is 0 Å². The molecular weight excluding hydrogens is 390 g/mol. The largest absolute Gasteiger partial charge is 0.329 e. The zero-order chi connectivity index (χ0) is 18.6. The van der Waals surface area contributed by atoms with Crippen LogP contribution in [-0.4, -0.2) is 34.9 Å². The lowest BCUT2D eigenvalue weighted by Gasteiger charge is -2.30. The SMILES string of the molecule is CC1CCc2sc(C(=O)N(Cc3ccccn3)C3CCCNCC3)cc2C1.Cl. The molecule has 3 heterocycles. The number of aryl methyl sites for hydroxylation is 1. The fourth-order valence-electron chi connectivity index (χ4n) is 4.30. The Hall–Kier alpha value is -1.43. The zero-order valence-electron chi connectivity index (χ0n) is 16.5. The van der Waals surface area contributed by atoms with Gasteiger partial charge in [-0.1, -0.05) is 13.0 Å². The molecule has 152 valence electrons. The van der Waals surface area contributed by atoms with E-state index in [1.807, 2.05) is 24.4 Å². The third-order valence-electron chi connectivity index (χ3n) is 5.85. The molecule has 0 spiro atoms. The maximum Gasteiger partial charge on any atom is 0.264 e. The van der Waals surface area contributed by atoms with Crippen LogP contribution < -0.4 is 5.32 Å². The molecule has 0 bridgehead atoms. The van der Waals surface area contributed by atoms with Crippen molar-refractivity contribution in [2.45, 2.75) is 58.0 Å². The molecule has 2 unspecified atom stereocenters. The molecule has 28 heavy (non-hydrogen) atoms. The van der Waals surface area contributed by atoms with Gasteiger partial charge in [0.05, 0.1) is 17.1 Å². The Bertz CT molecular complexity index is 771. The summed E-state index contributed by atoms with van der Waals surface area (Å²) in [5.41, 5.74) is 2.38. The Morgan fingerprint density at radius 2 is 2.18 bits per heavy atom. The number of hydrogen-bond acceptors (Lipinski definition) is 4. The van der Waals surface area contributed by atoms with Crippen LogP contribution in [0.5, 0.6) is 0 Å². The minimum Gasteiger partial charge on any atom is -0.329 e. The van der Waals surface area contributed by atoms with E-state index in [2.05, 4.69) is 28.2 Å². The predicted molar refractivity (Wildman–Crippen MR) is 117 cm³/mol. The normalized spacial score (nSPS) is 21.9. The van der Waals surface area contributed by atoms with Crippen molar-refractivity contribution in [1.82, 2.24) is 15.2 Å². The maximum atomic E-state index is 13.5. The molecule has 4 nitrogen and oxygen atoms in total. The number of nitrogens with one attached hydrogen (secondary N) is 1. The van der Waals surface area contributed by atoms with Gasteiger partial charge in [0.2, 0.25) is 0 Å². The average Bonchev–Trinajstić information content (AvgIpc) is 2.92. The lowest BCUT2D eigenvalue weighted by Crippen LogP contribution is -2.40. The molecule has 1 aliphatic carbocycles. The van der Waals surface area contributed by atoms with Crippen LogP contribution in [0.25, 0.3) is 0 Å². The Balaban J connectivity index is 0.00000225. The summed E-state index contributed by atoms with van der Waals surface area (Å²) in [6.45, 7) is 4.94. The van der Waals surface area contributed by atoms with Crippen LogP contribution in [0.3, 0.4) is 0 Å². The topological polar surface area (TPSA) is 45.2 Å². The summed E-state index contributed by atoms with van der Waals surface area (Å²) in [6.07, 6.45) is 8.50. The number of halogens is 1. The second-order valence-corrected chi connectivity index (χ2v) is 9.13. The molecule has 1 amide bonds. The van der Waals surface area contributed by atoms with E-state index in [0.29, 0.717) is 6.54 Å². The monoisotopic (exact) mass is 419 g/mol. The summed E-state index contributed by atoms with van der Waals surface area (Å²) < 4.78 is 0. The third-order valence-corrected chi connectivity index (χ3v) is 7.07. The van der Waals surface area contributed by atoms with Crippen molar-refractivity contribution in [3.63, 3.8) is 0 Å². The van der Waals surface area contributed by atoms with Crippen LogP contribution in [0.2, 0.25) is 0 Å². The smallest absolute Gasteiger partial charge is 0.264 e. The predicted octanol–water partition coefficient (Wildman–Crippen LogP) is 4.47. The summed E-state index contributed by atoms with van der Waals surface area (Å²) >= 11 is 1.73. The number of nitrogens with zero attached hydrogens (tertiary/aromatic N) is 2. The Morgan fingerprint density at radius 1 is 1.29 bits per heavy atom. The van der Waals surface area contributed by atoms with E-state index in [4.69, 9.17) is 0 Å². The molecular formula is C22H30ClN3OS. The maximum absolute atomic E-state index is 13.5. The molecule has 0 radical (unpaired) electrons. The number of aromatic nitrogens is 1. The first-order chi connectivity index (χ1) is 13.2. The minimum absolute atomic E-state index is 0. The number of amides is 1. The number of hydrogen-bond donors (Lipinski definition) is 1. The second kappa shape index (κ2) is 9.86. The van der Waals surface area contributed by atoms with Crippen molar-refractivity contribution in [1.29, 1.82) is 0 Å². The quantitative estimate of drug-likeness (QED) is 0.794. The molecule has 2 aromatic heterocycles. The number of rotatable bonds is 4. The van der Waals surface area contributed by atoms with Gasteiger partial charge in [-0.3, -0.25) is 9.78 Å². The molecule has 2 aromatic rings. The van der Waals surface area contributed by atoms with Crippen LogP contribution in [-0.2, 0) is 19.4 Å². The van der Waals surface area contributed by atoms with E-state index >= 15 is 0 Å². The molecule has 1 saturated heterocycles. The van der Waals surface area contributed by atoms with Gasteiger partial charge >= 0.3 is 0 Å². The fourth-order valence-corrected chi connectivity index (χ4v) is 5.46. The van der Waals surface area contributed by atoms with Crippen molar-refractivity contribution < 1.29 is 4.79 Å². The molecule has 1 fully saturated rings. The van der Waals surface area contributed by atoms with Crippen LogP contribution in [0.4, 0.5) is 0 Å². The first-order valence-corrected chi connectivity index (χ1v) is 11.1. The van der Waals surface area contributed by atoms with Crippen LogP contribution in [0.15, 0.2) is 30.5 Å². The standard InChI is InChI=1S/C22H29N3OS.ClH/c1-16-7-8-20-17(13-16)14-21(27-20)22(26)25(15-18-5-2-3-11-24-18)19-6-4-10-23-12-9-19;/h2-3,5,11,14,16,19,23H,4,6-10,12-13,15H2,1H3;1H. The van der Waals surface area contributed by atoms with E-state index < -0.39 is 0 Å². The van der Waals surface area contributed by atoms with E-state index in [1.165, 1.54) is 16.9 Å². The number of carbonyl (C=O) groups excluding carboxylic acids is 1. The van der Waals surface area contributed by atoms with Gasteiger partial charge in [-0.2, -0.15) is 0 Å². The molecule has 6 heteroatoms. The van der Waals surface area contributed by atoms with E-state index in [0.717, 1.165) is 61.7 Å². The number of pyridine rings is 1. The van der Waals surface area contributed by atoms with Crippen molar-refractivity contribution in [3.8, 4) is 0 Å². The van der Waals surface area contributed by atoms with Gasteiger partial charge < -0.3 is 10.2 Å². The number of fused-ring (bicyclic) bond motifs is 1. The highest BCUT2D eigenvalue weighted by Gasteiger charge is 2.29. The molecule has 0 saturated carbocycles. The van der Waals surface area contributed by atoms with Crippen LogP contribution >= 0.6 is 23.7 Å². The summed E-state index contributed by atoms with van der Waals surface area (Å²) in [5, 5.41) is 3.47. The van der Waals surface area contributed by atoms with Gasteiger partial charge in [0, 0.05) is 17.1 Å². The number of carbonyl (C=O) groups is 1. The van der Waals surface area contributed by atoms with Gasteiger partial charge in [-0.15, -0.1) is 23.7 Å². The molecule has 0 aromatic carbocycles. The van der Waals surface area contributed by atoms with E-state index in [1.54, 1.807) is 11.3 Å². The third kappa shape index (κ3) is 4.94. The lowest BCUT2D eigenvalue weighted by atomic mass is 9.90. The molecule has 4 rings (SSSR count). The van der Waals surface area contributed by atoms with E-state index in [-0.39, 0.29) is 24.4 Å². The Labute approximate surface area is 178 Å². The first-order valence-electron chi connectivity index (χ1n) is 10.2. The highest BCUT2D eigenvalue weighted by molar-refractivity contribution is 7.14. The zero-order valence-corrected chi connectivity index (χ0v) is 18.2. The Morgan fingerprint density at radius 3 is 3.00 bits per heavy atom. The summed E-state index contributed by atoms with van der Waals surface area (Å²) in [6, 6.07) is 8.42. The summed E-state index contributed by atoms with van der Waals surface area (Å²) in [5.74, 6) is 0.923. The molecule has 2 atom stereocenters. The highest BCUT2D eigenvalue weighted by Crippen LogP contribution is 2.33. The fraction of sp³-hybridized carbons (Fsp3) is 0.545. The van der Waals surface area contributed by atoms with Gasteiger partial charge in [-0.05, 0) is 81.3 Å². The average molecular weight is 420 g/mol. The van der Waals surface area contributed by atoms with Gasteiger partial charge in [0.15, 0.2) is 0 Å². The van der Waals surface area contributed by atoms with E-state index in [9.17, 15) is 4.79 Å². The van der Waals surface area contributed by atoms with Crippen molar-refractivity contribution in [3.05, 3.63) is 51.5 Å². The van der Waals surface area contributed by atoms with Gasteiger partial charge in [0.25, 0.3) is 5.91 Å². The first kappa shape index (κ1) is 21.3. The highest BCUT2D eigenvalue weighted by atomic mass is 35.5. The number of thiophene rings is 1. The second-order valence-electron chi connectivity index (χ2n) is 8.00. The lowest BCUT2D eigenvalue weighted by molar-refractivity contribution is 0.0647. The summed E-state index contributed by atoms with van der Waals surface area (Å²) in [7, 11) is 0. The van der Waals surface area contributed by atoms with Crippen LogP contribution in [0, 0.1) is 5.92 Å². The molecule has 2 aliphatic rings. The molecule has 1 N–H and O–H groups in total. The summed E-state index contributed by atoms with van der Waals surface area (Å²) in [4.78, 5) is 22.5. The molecule has 1 aliphatic heterocycles. The van der Waals surface area contributed by atoms with Crippen LogP contribution in [0.1, 0.15) is 58.4 Å². The van der Waals surface area contributed by atoms with Crippen molar-refractivity contribution >= 4 is 29.7 Å². The van der Waals surface area contributed by atoms with Crippen molar-refractivity contribution in [2.75, 3.05) is 13.1 Å². The van der Waals surface area contributed by atoms with Gasteiger partial charge in [0.1, 0.15) is 0 Å². The minimum atomic E-state index is 0.